The SMILES string of the molecule is c1ccc(-c2ccc(N(c3ccc(-c4ccccc4)cc3)c3ccc4c(c3)-c3c(ccc5c3oc3ccccc35)C4)cc2)cc1. The predicted molar refractivity (Wildman–Crippen MR) is 188 cm³/mol. The molecule has 9 rings (SSSR count). The highest BCUT2D eigenvalue weighted by Crippen LogP contribution is 2.47. The van der Waals surface area contributed by atoms with Crippen LogP contribution in [-0.4, -0.2) is 0 Å². The molecule has 2 heteroatoms. The van der Waals surface area contributed by atoms with E-state index in [1.807, 2.05) is 6.07 Å². The molecular weight excluding hydrogens is 546 g/mol. The standard InChI is InChI=1S/C43H29NO/c1-3-9-29(10-4-1)31-15-21-35(22-16-31)44(36-23-17-32(18-24-36)30-11-5-2-6-12-30)37-25-19-33-27-34-20-26-39-38-13-7-8-14-41(38)45-43(39)42(34)40(33)28-37/h1-26,28H,27H2. The molecule has 0 saturated carbocycles. The lowest BCUT2D eigenvalue weighted by Crippen LogP contribution is -2.10. The Morgan fingerprint density at radius 1 is 0.422 bits per heavy atom. The monoisotopic (exact) mass is 575 g/mol. The second kappa shape index (κ2) is 10.4. The van der Waals surface area contributed by atoms with Crippen LogP contribution in [0.25, 0.3) is 55.3 Å². The number of furan rings is 1. The van der Waals surface area contributed by atoms with Crippen molar-refractivity contribution < 1.29 is 4.42 Å². The van der Waals surface area contributed by atoms with E-state index in [1.165, 1.54) is 55.3 Å². The van der Waals surface area contributed by atoms with E-state index in [2.05, 4.69) is 163 Å². The Morgan fingerprint density at radius 3 is 1.60 bits per heavy atom. The number of benzene rings is 7. The first-order valence-corrected chi connectivity index (χ1v) is 15.5. The minimum Gasteiger partial charge on any atom is -0.455 e. The molecule has 1 heterocycles. The predicted octanol–water partition coefficient (Wildman–Crippen LogP) is 12.0. The maximum absolute atomic E-state index is 6.52. The van der Waals surface area contributed by atoms with Crippen LogP contribution in [0.3, 0.4) is 0 Å². The van der Waals surface area contributed by atoms with Gasteiger partial charge in [-0.15, -0.1) is 0 Å². The van der Waals surface area contributed by atoms with E-state index >= 15 is 0 Å². The van der Waals surface area contributed by atoms with Crippen LogP contribution in [-0.2, 0) is 6.42 Å². The highest BCUT2D eigenvalue weighted by molar-refractivity contribution is 6.11. The van der Waals surface area contributed by atoms with Gasteiger partial charge in [-0.25, -0.2) is 0 Å². The summed E-state index contributed by atoms with van der Waals surface area (Å²) in [5.41, 5.74) is 15.2. The number of hydrogen-bond acceptors (Lipinski definition) is 2. The van der Waals surface area contributed by atoms with Crippen LogP contribution < -0.4 is 4.90 Å². The summed E-state index contributed by atoms with van der Waals surface area (Å²) in [5, 5.41) is 2.34. The lowest BCUT2D eigenvalue weighted by Gasteiger charge is -2.26. The van der Waals surface area contributed by atoms with Gasteiger partial charge in [0.25, 0.3) is 0 Å². The van der Waals surface area contributed by atoms with E-state index in [0.29, 0.717) is 0 Å². The zero-order valence-corrected chi connectivity index (χ0v) is 24.7. The summed E-state index contributed by atoms with van der Waals surface area (Å²) >= 11 is 0. The van der Waals surface area contributed by atoms with Gasteiger partial charge in [0.1, 0.15) is 11.2 Å². The van der Waals surface area contributed by atoms with Crippen molar-refractivity contribution in [2.24, 2.45) is 0 Å². The van der Waals surface area contributed by atoms with Crippen LogP contribution in [0.5, 0.6) is 0 Å². The Labute approximate surface area is 262 Å². The highest BCUT2D eigenvalue weighted by Gasteiger charge is 2.25. The largest absolute Gasteiger partial charge is 0.455 e. The second-order valence-corrected chi connectivity index (χ2v) is 11.8. The minimum absolute atomic E-state index is 0.912. The average Bonchev–Trinajstić information content (AvgIpc) is 3.68. The first kappa shape index (κ1) is 25.6. The van der Waals surface area contributed by atoms with Crippen molar-refractivity contribution in [2.75, 3.05) is 4.90 Å². The molecule has 0 aliphatic heterocycles. The van der Waals surface area contributed by atoms with Crippen LogP contribution in [0.15, 0.2) is 168 Å². The maximum atomic E-state index is 6.52. The molecule has 2 nitrogen and oxygen atoms in total. The van der Waals surface area contributed by atoms with Crippen molar-refractivity contribution in [3.8, 4) is 33.4 Å². The van der Waals surface area contributed by atoms with Gasteiger partial charge in [-0.2, -0.15) is 0 Å². The summed E-state index contributed by atoms with van der Waals surface area (Å²) < 4.78 is 6.52. The van der Waals surface area contributed by atoms with Crippen LogP contribution in [0.2, 0.25) is 0 Å². The third-order valence-corrected chi connectivity index (χ3v) is 9.10. The number of fused-ring (bicyclic) bond motifs is 7. The topological polar surface area (TPSA) is 16.4 Å². The molecule has 45 heavy (non-hydrogen) atoms. The molecule has 0 fully saturated rings. The molecule has 0 spiro atoms. The molecule has 7 aromatic carbocycles. The average molecular weight is 576 g/mol. The van der Waals surface area contributed by atoms with Crippen LogP contribution in [0.4, 0.5) is 17.1 Å². The van der Waals surface area contributed by atoms with E-state index in [9.17, 15) is 0 Å². The molecule has 1 aromatic heterocycles. The van der Waals surface area contributed by atoms with Crippen molar-refractivity contribution in [1.82, 2.24) is 0 Å². The van der Waals surface area contributed by atoms with E-state index in [0.717, 1.165) is 34.6 Å². The van der Waals surface area contributed by atoms with Gasteiger partial charge < -0.3 is 9.32 Å². The number of hydrogen-bond donors (Lipinski definition) is 0. The summed E-state index contributed by atoms with van der Waals surface area (Å²) in [6.07, 6.45) is 0.912. The van der Waals surface area contributed by atoms with E-state index < -0.39 is 0 Å². The van der Waals surface area contributed by atoms with E-state index in [-0.39, 0.29) is 0 Å². The normalized spacial score (nSPS) is 11.9. The van der Waals surface area contributed by atoms with Crippen LogP contribution in [0.1, 0.15) is 11.1 Å². The Morgan fingerprint density at radius 2 is 0.956 bits per heavy atom. The smallest absolute Gasteiger partial charge is 0.143 e. The molecule has 0 N–H and O–H groups in total. The van der Waals surface area contributed by atoms with Gasteiger partial charge in [0.15, 0.2) is 0 Å². The Kier molecular flexibility index (Phi) is 5.92. The molecule has 0 atom stereocenters. The first-order chi connectivity index (χ1) is 22.3. The van der Waals surface area contributed by atoms with Crippen molar-refractivity contribution >= 4 is 39.0 Å². The number of para-hydroxylation sites is 1. The fourth-order valence-corrected chi connectivity index (χ4v) is 6.88. The van der Waals surface area contributed by atoms with Gasteiger partial charge in [-0.05, 0) is 87.8 Å². The summed E-state index contributed by atoms with van der Waals surface area (Å²) in [6, 6.07) is 58.6. The first-order valence-electron chi connectivity index (χ1n) is 15.5. The Bertz CT molecular complexity index is 2230. The number of rotatable bonds is 5. The number of anilines is 3. The summed E-state index contributed by atoms with van der Waals surface area (Å²) in [4.78, 5) is 2.36. The molecule has 0 bridgehead atoms. The molecule has 0 unspecified atom stereocenters. The van der Waals surface area contributed by atoms with Crippen molar-refractivity contribution in [3.63, 3.8) is 0 Å². The van der Waals surface area contributed by atoms with Gasteiger partial charge in [0, 0.05) is 33.4 Å². The molecule has 0 amide bonds. The second-order valence-electron chi connectivity index (χ2n) is 11.8. The van der Waals surface area contributed by atoms with Gasteiger partial charge in [-0.1, -0.05) is 121 Å². The zero-order valence-electron chi connectivity index (χ0n) is 24.7. The number of nitrogens with zero attached hydrogens (tertiary/aromatic N) is 1. The minimum atomic E-state index is 0.912. The quantitative estimate of drug-likeness (QED) is 0.203. The molecule has 0 saturated heterocycles. The third-order valence-electron chi connectivity index (χ3n) is 9.10. The Hall–Kier alpha value is -5.86. The molecule has 1 aliphatic carbocycles. The van der Waals surface area contributed by atoms with E-state index in [1.54, 1.807) is 0 Å². The lowest BCUT2D eigenvalue weighted by atomic mass is 10.0. The van der Waals surface area contributed by atoms with Crippen molar-refractivity contribution in [1.29, 1.82) is 0 Å². The van der Waals surface area contributed by atoms with Gasteiger partial charge >= 0.3 is 0 Å². The van der Waals surface area contributed by atoms with Crippen LogP contribution >= 0.6 is 0 Å². The summed E-state index contributed by atoms with van der Waals surface area (Å²) in [5.74, 6) is 0. The van der Waals surface area contributed by atoms with Gasteiger partial charge in [0.05, 0.1) is 0 Å². The molecule has 212 valence electrons. The summed E-state index contributed by atoms with van der Waals surface area (Å²) in [6.45, 7) is 0. The van der Waals surface area contributed by atoms with E-state index in [4.69, 9.17) is 4.42 Å². The highest BCUT2D eigenvalue weighted by atomic mass is 16.3. The third kappa shape index (κ3) is 4.34. The Balaban J connectivity index is 1.19. The zero-order chi connectivity index (χ0) is 29.7. The van der Waals surface area contributed by atoms with Crippen molar-refractivity contribution in [3.05, 3.63) is 175 Å². The maximum Gasteiger partial charge on any atom is 0.143 e. The van der Waals surface area contributed by atoms with Crippen molar-refractivity contribution in [2.45, 2.75) is 6.42 Å². The molecular formula is C43H29NO. The molecule has 0 radical (unpaired) electrons. The van der Waals surface area contributed by atoms with Gasteiger partial charge in [0.2, 0.25) is 0 Å². The van der Waals surface area contributed by atoms with Crippen LogP contribution in [0, 0.1) is 0 Å². The molecule has 1 aliphatic rings. The fourth-order valence-electron chi connectivity index (χ4n) is 6.88. The molecule has 8 aromatic rings. The summed E-state index contributed by atoms with van der Waals surface area (Å²) in [7, 11) is 0. The lowest BCUT2D eigenvalue weighted by molar-refractivity contribution is 0.670. The van der Waals surface area contributed by atoms with Gasteiger partial charge in [-0.3, -0.25) is 0 Å². The fraction of sp³-hybridized carbons (Fsp3) is 0.0233.